The third-order valence-electron chi connectivity index (χ3n) is 4.26. The molecule has 24 heavy (non-hydrogen) atoms. The minimum Gasteiger partial charge on any atom is -0.334 e. The van der Waals surface area contributed by atoms with E-state index in [1.165, 1.54) is 0 Å². The molecule has 6 heteroatoms. The molecule has 0 spiro atoms. The Morgan fingerprint density at radius 1 is 1.29 bits per heavy atom. The number of carbonyl (C=O) groups excluding carboxylic acids is 1. The Hall–Kier alpha value is -2.34. The highest BCUT2D eigenvalue weighted by Gasteiger charge is 2.25. The van der Waals surface area contributed by atoms with Crippen LogP contribution in [-0.2, 0) is 19.6 Å². The Bertz CT molecular complexity index is 667. The van der Waals surface area contributed by atoms with Crippen LogP contribution < -0.4 is 5.32 Å². The van der Waals surface area contributed by atoms with E-state index in [9.17, 15) is 4.79 Å². The topological polar surface area (TPSA) is 53.4 Å². The molecule has 0 aliphatic carbocycles. The van der Waals surface area contributed by atoms with Gasteiger partial charge in [0, 0.05) is 44.5 Å². The quantitative estimate of drug-likeness (QED) is 0.931. The van der Waals surface area contributed by atoms with Gasteiger partial charge in [-0.15, -0.1) is 0 Å². The Morgan fingerprint density at radius 2 is 2.08 bits per heavy atom. The number of carbonyl (C=O) groups is 1. The van der Waals surface area contributed by atoms with E-state index in [0.29, 0.717) is 19.0 Å². The number of imidazole rings is 1. The molecule has 1 aromatic carbocycles. The molecule has 128 valence electrons. The van der Waals surface area contributed by atoms with Crippen molar-refractivity contribution in [3.8, 4) is 0 Å². The van der Waals surface area contributed by atoms with Crippen LogP contribution in [0, 0.1) is 5.92 Å². The fourth-order valence-corrected chi connectivity index (χ4v) is 3.21. The first-order valence-electron chi connectivity index (χ1n) is 8.33. The predicted molar refractivity (Wildman–Crippen MR) is 93.4 cm³/mol. The average molecular weight is 327 g/mol. The summed E-state index contributed by atoms with van der Waals surface area (Å²) >= 11 is 0. The minimum absolute atomic E-state index is 0.0286. The summed E-state index contributed by atoms with van der Waals surface area (Å²) in [6, 6.07) is 9.95. The first kappa shape index (κ1) is 16.5. The summed E-state index contributed by atoms with van der Waals surface area (Å²) in [7, 11) is 4.14. The van der Waals surface area contributed by atoms with Crippen molar-refractivity contribution in [2.24, 2.45) is 5.92 Å². The van der Waals surface area contributed by atoms with Gasteiger partial charge in [-0.1, -0.05) is 30.3 Å². The van der Waals surface area contributed by atoms with Crippen molar-refractivity contribution in [1.29, 1.82) is 0 Å². The van der Waals surface area contributed by atoms with Crippen molar-refractivity contribution >= 4 is 6.03 Å². The second-order valence-electron chi connectivity index (χ2n) is 6.65. The van der Waals surface area contributed by atoms with Gasteiger partial charge in [-0.05, 0) is 19.7 Å². The van der Waals surface area contributed by atoms with Gasteiger partial charge in [-0.25, -0.2) is 9.78 Å². The van der Waals surface area contributed by atoms with Crippen LogP contribution in [0.2, 0.25) is 0 Å². The third kappa shape index (κ3) is 4.14. The number of hydrogen-bond acceptors (Lipinski definition) is 3. The fourth-order valence-electron chi connectivity index (χ4n) is 3.21. The summed E-state index contributed by atoms with van der Waals surface area (Å²) in [6.07, 6.45) is 3.82. The van der Waals surface area contributed by atoms with E-state index < -0.39 is 0 Å². The van der Waals surface area contributed by atoms with Gasteiger partial charge in [0.25, 0.3) is 0 Å². The molecular formula is C18H25N5O. The number of hydrogen-bond donors (Lipinski definition) is 1. The SMILES string of the molecule is CN(C)CC1CN(C(=O)NCc2ccccc2)Cc2nccn2C1. The summed E-state index contributed by atoms with van der Waals surface area (Å²) in [5.74, 6) is 1.34. The minimum atomic E-state index is -0.0286. The van der Waals surface area contributed by atoms with Gasteiger partial charge >= 0.3 is 6.03 Å². The average Bonchev–Trinajstić information content (AvgIpc) is 2.92. The van der Waals surface area contributed by atoms with Crippen molar-refractivity contribution < 1.29 is 4.79 Å². The maximum Gasteiger partial charge on any atom is 0.318 e. The zero-order valence-corrected chi connectivity index (χ0v) is 14.4. The lowest BCUT2D eigenvalue weighted by molar-refractivity contribution is 0.178. The van der Waals surface area contributed by atoms with Crippen molar-refractivity contribution in [2.45, 2.75) is 19.6 Å². The lowest BCUT2D eigenvalue weighted by Gasteiger charge is -2.26. The van der Waals surface area contributed by atoms with Crippen LogP contribution in [-0.4, -0.2) is 52.6 Å². The Morgan fingerprint density at radius 3 is 2.83 bits per heavy atom. The predicted octanol–water partition coefficient (Wildman–Crippen LogP) is 1.79. The van der Waals surface area contributed by atoms with Crippen LogP contribution >= 0.6 is 0 Å². The molecule has 3 rings (SSSR count). The van der Waals surface area contributed by atoms with E-state index in [-0.39, 0.29) is 6.03 Å². The van der Waals surface area contributed by atoms with Crippen LogP contribution in [0.15, 0.2) is 42.7 Å². The Balaban J connectivity index is 1.67. The second-order valence-corrected chi connectivity index (χ2v) is 6.65. The molecule has 0 fully saturated rings. The number of rotatable bonds is 4. The highest BCUT2D eigenvalue weighted by molar-refractivity contribution is 5.74. The second kappa shape index (κ2) is 7.49. The largest absolute Gasteiger partial charge is 0.334 e. The number of nitrogens with zero attached hydrogens (tertiary/aromatic N) is 4. The molecule has 1 aliphatic rings. The van der Waals surface area contributed by atoms with E-state index in [1.807, 2.05) is 47.6 Å². The molecule has 2 amide bonds. The van der Waals surface area contributed by atoms with Crippen LogP contribution in [0.5, 0.6) is 0 Å². The molecule has 1 atom stereocenters. The molecule has 0 saturated carbocycles. The van der Waals surface area contributed by atoms with Gasteiger partial charge in [0.1, 0.15) is 5.82 Å². The molecule has 2 heterocycles. The molecule has 0 radical (unpaired) electrons. The van der Waals surface area contributed by atoms with E-state index >= 15 is 0 Å². The smallest absolute Gasteiger partial charge is 0.318 e. The first-order chi connectivity index (χ1) is 11.6. The van der Waals surface area contributed by atoms with Crippen molar-refractivity contribution in [3.63, 3.8) is 0 Å². The molecule has 1 aromatic heterocycles. The molecule has 1 N–H and O–H groups in total. The monoisotopic (exact) mass is 327 g/mol. The number of aromatic nitrogens is 2. The van der Waals surface area contributed by atoms with Crippen LogP contribution in [0.3, 0.4) is 0 Å². The third-order valence-corrected chi connectivity index (χ3v) is 4.26. The van der Waals surface area contributed by atoms with E-state index in [0.717, 1.165) is 31.0 Å². The highest BCUT2D eigenvalue weighted by Crippen LogP contribution is 2.16. The molecular weight excluding hydrogens is 302 g/mol. The molecule has 1 aliphatic heterocycles. The van der Waals surface area contributed by atoms with Crippen molar-refractivity contribution in [2.75, 3.05) is 27.2 Å². The number of fused-ring (bicyclic) bond motifs is 1. The maximum atomic E-state index is 12.7. The van der Waals surface area contributed by atoms with Crippen LogP contribution in [0.1, 0.15) is 11.4 Å². The van der Waals surface area contributed by atoms with Crippen LogP contribution in [0.4, 0.5) is 4.79 Å². The zero-order valence-electron chi connectivity index (χ0n) is 14.4. The van der Waals surface area contributed by atoms with Gasteiger partial charge in [0.05, 0.1) is 6.54 Å². The van der Waals surface area contributed by atoms with Crippen LogP contribution in [0.25, 0.3) is 0 Å². The first-order valence-corrected chi connectivity index (χ1v) is 8.33. The van der Waals surface area contributed by atoms with Gasteiger partial charge in [-0.2, -0.15) is 0 Å². The molecule has 0 bridgehead atoms. The van der Waals surface area contributed by atoms with E-state index in [4.69, 9.17) is 0 Å². The Labute approximate surface area is 143 Å². The number of urea groups is 1. The van der Waals surface area contributed by atoms with Crippen molar-refractivity contribution in [1.82, 2.24) is 24.7 Å². The lowest BCUT2D eigenvalue weighted by atomic mass is 10.1. The zero-order chi connectivity index (χ0) is 16.9. The summed E-state index contributed by atoms with van der Waals surface area (Å²) in [6.45, 7) is 3.68. The molecule has 6 nitrogen and oxygen atoms in total. The lowest BCUT2D eigenvalue weighted by Crippen LogP contribution is -2.42. The number of nitrogens with one attached hydrogen (secondary N) is 1. The fraction of sp³-hybridized carbons (Fsp3) is 0.444. The maximum absolute atomic E-state index is 12.7. The number of benzene rings is 1. The molecule has 1 unspecified atom stereocenters. The van der Waals surface area contributed by atoms with E-state index in [1.54, 1.807) is 0 Å². The number of amides is 2. The standard InChI is InChI=1S/C18H25N5O/c1-21(2)11-16-12-22-9-8-19-17(22)14-23(13-16)18(24)20-10-15-6-4-3-5-7-15/h3-9,16H,10-14H2,1-2H3,(H,20,24). The van der Waals surface area contributed by atoms with Crippen molar-refractivity contribution in [3.05, 3.63) is 54.1 Å². The summed E-state index contributed by atoms with van der Waals surface area (Å²) in [4.78, 5) is 21.1. The summed E-state index contributed by atoms with van der Waals surface area (Å²) < 4.78 is 2.17. The van der Waals surface area contributed by atoms with Gasteiger partial charge in [0.15, 0.2) is 0 Å². The normalized spacial score (nSPS) is 17.5. The highest BCUT2D eigenvalue weighted by atomic mass is 16.2. The molecule has 0 saturated heterocycles. The van der Waals surface area contributed by atoms with E-state index in [2.05, 4.69) is 33.9 Å². The van der Waals surface area contributed by atoms with Gasteiger partial charge in [0.2, 0.25) is 0 Å². The van der Waals surface area contributed by atoms with Gasteiger partial charge < -0.3 is 19.7 Å². The summed E-state index contributed by atoms with van der Waals surface area (Å²) in [5.41, 5.74) is 1.10. The van der Waals surface area contributed by atoms with Gasteiger partial charge in [-0.3, -0.25) is 0 Å². The summed E-state index contributed by atoms with van der Waals surface area (Å²) in [5, 5.41) is 3.03. The molecule has 2 aromatic rings. The Kier molecular flexibility index (Phi) is 5.15.